The van der Waals surface area contributed by atoms with Gasteiger partial charge in [-0.2, -0.15) is 0 Å². The number of hydrogen-bond donors (Lipinski definition) is 1. The van der Waals surface area contributed by atoms with Crippen LogP contribution in [0.2, 0.25) is 0 Å². The minimum atomic E-state index is -0.175. The summed E-state index contributed by atoms with van der Waals surface area (Å²) >= 11 is 0. The molecule has 0 saturated carbocycles. The van der Waals surface area contributed by atoms with E-state index in [9.17, 15) is 4.79 Å². The normalized spacial score (nSPS) is 14.4. The van der Waals surface area contributed by atoms with E-state index in [1.807, 2.05) is 31.2 Å². The summed E-state index contributed by atoms with van der Waals surface area (Å²) in [5, 5.41) is 6.90. The molecule has 1 aromatic heterocycles. The number of nitrogens with zero attached hydrogens (tertiary/aromatic N) is 1. The van der Waals surface area contributed by atoms with Crippen molar-refractivity contribution in [2.24, 2.45) is 0 Å². The van der Waals surface area contributed by atoms with E-state index in [1.165, 1.54) is 6.42 Å². The first-order valence-corrected chi connectivity index (χ1v) is 7.10. The van der Waals surface area contributed by atoms with Gasteiger partial charge in [0.1, 0.15) is 5.76 Å². The molecule has 0 aliphatic heterocycles. The molecule has 1 amide bonds. The quantitative estimate of drug-likeness (QED) is 0.850. The Kier molecular flexibility index (Phi) is 3.54. The summed E-state index contributed by atoms with van der Waals surface area (Å²) in [5.41, 5.74) is 3.30. The highest BCUT2D eigenvalue weighted by Crippen LogP contribution is 2.24. The Morgan fingerprint density at radius 1 is 1.20 bits per heavy atom. The smallest absolute Gasteiger partial charge is 0.278 e. The Morgan fingerprint density at radius 2 is 2.00 bits per heavy atom. The van der Waals surface area contributed by atoms with Crippen molar-refractivity contribution < 1.29 is 9.32 Å². The van der Waals surface area contributed by atoms with Gasteiger partial charge in [0.2, 0.25) is 0 Å². The number of carbonyl (C=O) groups excluding carboxylic acids is 1. The Labute approximate surface area is 118 Å². The maximum atomic E-state index is 12.4. The molecule has 3 rings (SSSR count). The molecular formula is C16H18N2O2. The van der Waals surface area contributed by atoms with Crippen LogP contribution in [0.5, 0.6) is 0 Å². The van der Waals surface area contributed by atoms with E-state index in [0.29, 0.717) is 5.69 Å². The lowest BCUT2D eigenvalue weighted by atomic mass is 10.1. The largest absolute Gasteiger partial charge is 0.360 e. The van der Waals surface area contributed by atoms with Crippen molar-refractivity contribution in [3.63, 3.8) is 0 Å². The number of nitrogens with one attached hydrogen (secondary N) is 1. The third-order valence-corrected chi connectivity index (χ3v) is 3.81. The SMILES string of the molecule is Cc1ccccc1NC(=O)c1noc2c1CCCCC2. The summed E-state index contributed by atoms with van der Waals surface area (Å²) < 4.78 is 5.35. The van der Waals surface area contributed by atoms with Crippen LogP contribution in [0.15, 0.2) is 28.8 Å². The second-order valence-corrected chi connectivity index (χ2v) is 5.26. The van der Waals surface area contributed by atoms with E-state index in [2.05, 4.69) is 10.5 Å². The molecule has 1 aliphatic rings. The molecule has 1 N–H and O–H groups in total. The number of amides is 1. The van der Waals surface area contributed by atoms with Crippen molar-refractivity contribution in [2.75, 3.05) is 5.32 Å². The van der Waals surface area contributed by atoms with Gasteiger partial charge in [0.05, 0.1) is 0 Å². The molecule has 104 valence electrons. The molecule has 1 aliphatic carbocycles. The van der Waals surface area contributed by atoms with E-state index in [-0.39, 0.29) is 5.91 Å². The highest BCUT2D eigenvalue weighted by atomic mass is 16.5. The molecule has 0 saturated heterocycles. The Morgan fingerprint density at radius 3 is 2.85 bits per heavy atom. The second-order valence-electron chi connectivity index (χ2n) is 5.26. The fourth-order valence-corrected chi connectivity index (χ4v) is 2.63. The van der Waals surface area contributed by atoms with Gasteiger partial charge in [-0.3, -0.25) is 4.79 Å². The van der Waals surface area contributed by atoms with Gasteiger partial charge in [-0.15, -0.1) is 0 Å². The molecule has 1 heterocycles. The van der Waals surface area contributed by atoms with Gasteiger partial charge in [-0.1, -0.05) is 29.8 Å². The van der Waals surface area contributed by atoms with Crippen LogP contribution in [0.4, 0.5) is 5.69 Å². The van der Waals surface area contributed by atoms with Crippen LogP contribution in [0.3, 0.4) is 0 Å². The molecule has 0 fully saturated rings. The maximum Gasteiger partial charge on any atom is 0.278 e. The molecule has 1 aromatic carbocycles. The number of para-hydroxylation sites is 1. The zero-order valence-electron chi connectivity index (χ0n) is 11.6. The lowest BCUT2D eigenvalue weighted by Crippen LogP contribution is -2.15. The lowest BCUT2D eigenvalue weighted by Gasteiger charge is -2.07. The molecule has 0 spiro atoms. The van der Waals surface area contributed by atoms with Crippen LogP contribution in [0.1, 0.15) is 46.6 Å². The van der Waals surface area contributed by atoms with Crippen molar-refractivity contribution in [3.8, 4) is 0 Å². The fraction of sp³-hybridized carbons (Fsp3) is 0.375. The van der Waals surface area contributed by atoms with Crippen LogP contribution in [-0.4, -0.2) is 11.1 Å². The van der Waals surface area contributed by atoms with Crippen molar-refractivity contribution in [1.82, 2.24) is 5.16 Å². The summed E-state index contributed by atoms with van der Waals surface area (Å²) in [6, 6.07) is 7.73. The predicted octanol–water partition coefficient (Wildman–Crippen LogP) is 3.50. The van der Waals surface area contributed by atoms with Gasteiger partial charge >= 0.3 is 0 Å². The number of anilines is 1. The van der Waals surface area contributed by atoms with E-state index in [0.717, 1.165) is 48.3 Å². The Hall–Kier alpha value is -2.10. The minimum Gasteiger partial charge on any atom is -0.360 e. The standard InChI is InChI=1S/C16H18N2O2/c1-11-7-5-6-9-13(11)17-16(19)15-12-8-3-2-4-10-14(12)20-18-15/h5-7,9H,2-4,8,10H2,1H3,(H,17,19). The number of hydrogen-bond acceptors (Lipinski definition) is 3. The van der Waals surface area contributed by atoms with Crippen LogP contribution in [0, 0.1) is 6.92 Å². The predicted molar refractivity (Wildman–Crippen MR) is 76.9 cm³/mol. The van der Waals surface area contributed by atoms with Crippen LogP contribution in [0.25, 0.3) is 0 Å². The molecule has 4 nitrogen and oxygen atoms in total. The van der Waals surface area contributed by atoms with Gasteiger partial charge in [-0.25, -0.2) is 0 Å². The molecule has 4 heteroatoms. The van der Waals surface area contributed by atoms with Crippen LogP contribution >= 0.6 is 0 Å². The average molecular weight is 270 g/mol. The van der Waals surface area contributed by atoms with Crippen molar-refractivity contribution in [3.05, 3.63) is 46.8 Å². The monoisotopic (exact) mass is 270 g/mol. The second kappa shape index (κ2) is 5.49. The minimum absolute atomic E-state index is 0.175. The van der Waals surface area contributed by atoms with Crippen molar-refractivity contribution >= 4 is 11.6 Å². The molecule has 0 atom stereocenters. The topological polar surface area (TPSA) is 55.1 Å². The molecule has 0 radical (unpaired) electrons. The number of carbonyl (C=O) groups is 1. The summed E-state index contributed by atoms with van der Waals surface area (Å²) in [5.74, 6) is 0.712. The van der Waals surface area contributed by atoms with Gasteiger partial charge < -0.3 is 9.84 Å². The van der Waals surface area contributed by atoms with Crippen LogP contribution in [-0.2, 0) is 12.8 Å². The number of benzene rings is 1. The molecule has 0 unspecified atom stereocenters. The zero-order chi connectivity index (χ0) is 13.9. The van der Waals surface area contributed by atoms with Crippen molar-refractivity contribution in [2.45, 2.75) is 39.0 Å². The van der Waals surface area contributed by atoms with Gasteiger partial charge in [-0.05, 0) is 37.8 Å². The Balaban J connectivity index is 1.85. The number of rotatable bonds is 2. The molecule has 0 bridgehead atoms. The van der Waals surface area contributed by atoms with E-state index in [1.54, 1.807) is 0 Å². The fourth-order valence-electron chi connectivity index (χ4n) is 2.63. The number of fused-ring (bicyclic) bond motifs is 1. The highest BCUT2D eigenvalue weighted by Gasteiger charge is 2.23. The van der Waals surface area contributed by atoms with E-state index < -0.39 is 0 Å². The summed E-state index contributed by atoms with van der Waals surface area (Å²) in [6.45, 7) is 1.97. The Bertz CT molecular complexity index is 631. The van der Waals surface area contributed by atoms with E-state index in [4.69, 9.17) is 4.52 Å². The lowest BCUT2D eigenvalue weighted by molar-refractivity contribution is 0.101. The molecular weight excluding hydrogens is 252 g/mol. The van der Waals surface area contributed by atoms with Gasteiger partial charge in [0.25, 0.3) is 5.91 Å². The first kappa shape index (κ1) is 12.9. The summed E-state index contributed by atoms with van der Waals surface area (Å²) in [4.78, 5) is 12.4. The zero-order valence-corrected chi connectivity index (χ0v) is 11.6. The number of aryl methyl sites for hydroxylation is 2. The summed E-state index contributed by atoms with van der Waals surface area (Å²) in [7, 11) is 0. The molecule has 2 aromatic rings. The number of aromatic nitrogens is 1. The van der Waals surface area contributed by atoms with Crippen molar-refractivity contribution in [1.29, 1.82) is 0 Å². The highest BCUT2D eigenvalue weighted by molar-refractivity contribution is 6.04. The third kappa shape index (κ3) is 2.46. The van der Waals surface area contributed by atoms with Gasteiger partial charge in [0.15, 0.2) is 5.69 Å². The summed E-state index contributed by atoms with van der Waals surface area (Å²) in [6.07, 6.45) is 5.16. The third-order valence-electron chi connectivity index (χ3n) is 3.81. The molecule has 20 heavy (non-hydrogen) atoms. The van der Waals surface area contributed by atoms with E-state index >= 15 is 0 Å². The average Bonchev–Trinajstić information content (AvgIpc) is 2.71. The van der Waals surface area contributed by atoms with Crippen LogP contribution < -0.4 is 5.32 Å². The first-order chi connectivity index (χ1) is 9.75. The van der Waals surface area contributed by atoms with Gasteiger partial charge in [0, 0.05) is 17.7 Å². The maximum absolute atomic E-state index is 12.4. The first-order valence-electron chi connectivity index (χ1n) is 7.10.